The van der Waals surface area contributed by atoms with Gasteiger partial charge in [-0.25, -0.2) is 4.79 Å². The molecule has 0 saturated heterocycles. The molecule has 3 aromatic carbocycles. The van der Waals surface area contributed by atoms with Crippen LogP contribution in [0.15, 0.2) is 53.4 Å². The van der Waals surface area contributed by atoms with Crippen LogP contribution in [0.1, 0.15) is 27.9 Å². The molecule has 3 heteroatoms. The number of esters is 1. The molecule has 3 aromatic rings. The first kappa shape index (κ1) is 16.2. The third-order valence-electron chi connectivity index (χ3n) is 5.06. The van der Waals surface area contributed by atoms with Gasteiger partial charge in [0.15, 0.2) is 0 Å². The first-order valence-corrected chi connectivity index (χ1v) is 9.76. The van der Waals surface area contributed by atoms with E-state index in [4.69, 9.17) is 4.74 Å². The van der Waals surface area contributed by atoms with E-state index in [-0.39, 0.29) is 5.97 Å². The zero-order valence-corrected chi connectivity index (χ0v) is 15.3. The first-order chi connectivity index (χ1) is 12.2. The first-order valence-electron chi connectivity index (χ1n) is 8.53. The Morgan fingerprint density at radius 2 is 1.76 bits per heavy atom. The van der Waals surface area contributed by atoms with Crippen LogP contribution in [0, 0.1) is 0 Å². The summed E-state index contributed by atoms with van der Waals surface area (Å²) in [6.45, 7) is 0. The van der Waals surface area contributed by atoms with Gasteiger partial charge in [-0.05, 0) is 64.6 Å². The molecule has 1 aliphatic rings. The number of benzene rings is 3. The van der Waals surface area contributed by atoms with E-state index in [0.29, 0.717) is 0 Å². The van der Waals surface area contributed by atoms with E-state index in [0.717, 1.165) is 29.7 Å². The van der Waals surface area contributed by atoms with E-state index >= 15 is 0 Å². The van der Waals surface area contributed by atoms with Crippen molar-refractivity contribution in [3.63, 3.8) is 0 Å². The van der Waals surface area contributed by atoms with Crippen LogP contribution in [0.4, 0.5) is 0 Å². The van der Waals surface area contributed by atoms with Crippen molar-refractivity contribution in [3.8, 4) is 11.1 Å². The molecule has 4 rings (SSSR count). The quantitative estimate of drug-likeness (QED) is 0.461. The molecule has 0 atom stereocenters. The van der Waals surface area contributed by atoms with E-state index in [1.54, 1.807) is 11.8 Å². The number of hydrogen-bond acceptors (Lipinski definition) is 3. The van der Waals surface area contributed by atoms with E-state index in [2.05, 4.69) is 48.5 Å². The molecule has 1 aliphatic carbocycles. The summed E-state index contributed by atoms with van der Waals surface area (Å²) in [6, 6.07) is 17.1. The highest BCUT2D eigenvalue weighted by Crippen LogP contribution is 2.41. The Kier molecular flexibility index (Phi) is 4.26. The summed E-state index contributed by atoms with van der Waals surface area (Å²) in [5.41, 5.74) is 5.78. The van der Waals surface area contributed by atoms with Gasteiger partial charge in [-0.1, -0.05) is 42.5 Å². The molecule has 0 bridgehead atoms. The molecular formula is C22H20O2S. The lowest BCUT2D eigenvalue weighted by Gasteiger charge is -2.17. The largest absolute Gasteiger partial charge is 0.465 e. The number of methoxy groups -OCH3 is 1. The second kappa shape index (κ2) is 6.57. The maximum absolute atomic E-state index is 12.4. The Labute approximate surface area is 152 Å². The van der Waals surface area contributed by atoms with Crippen LogP contribution < -0.4 is 0 Å². The summed E-state index contributed by atoms with van der Waals surface area (Å²) in [5.74, 6) is -0.216. The molecule has 0 heterocycles. The van der Waals surface area contributed by atoms with E-state index < -0.39 is 0 Å². The minimum atomic E-state index is -0.216. The molecule has 0 N–H and O–H groups in total. The van der Waals surface area contributed by atoms with Crippen LogP contribution in [0.3, 0.4) is 0 Å². The van der Waals surface area contributed by atoms with Crippen LogP contribution >= 0.6 is 11.8 Å². The lowest BCUT2D eigenvalue weighted by Crippen LogP contribution is -2.08. The number of thioether (sulfide) groups is 1. The summed E-state index contributed by atoms with van der Waals surface area (Å²) in [7, 11) is 1.46. The molecule has 0 saturated carbocycles. The van der Waals surface area contributed by atoms with Crippen LogP contribution in [0.5, 0.6) is 0 Å². The van der Waals surface area contributed by atoms with E-state index in [9.17, 15) is 4.79 Å². The van der Waals surface area contributed by atoms with Gasteiger partial charge in [-0.15, -0.1) is 11.8 Å². The normalized spacial score (nSPS) is 13.0. The molecule has 126 valence electrons. The van der Waals surface area contributed by atoms with Crippen LogP contribution in [-0.4, -0.2) is 19.3 Å². The molecule has 2 nitrogen and oxygen atoms in total. The standard InChI is InChI=1S/C22H20O2S/c1-24-22(23)21-18-12-6-11-17(18)19(13-20(21)25-2)16-10-5-8-14-7-3-4-9-15(14)16/h3-5,7-10,13H,6,11-12H2,1-2H3. The van der Waals surface area contributed by atoms with Gasteiger partial charge in [0.2, 0.25) is 0 Å². The summed E-state index contributed by atoms with van der Waals surface area (Å²) >= 11 is 1.62. The van der Waals surface area contributed by atoms with Crippen molar-refractivity contribution >= 4 is 28.5 Å². The Balaban J connectivity index is 2.03. The number of fused-ring (bicyclic) bond motifs is 2. The number of rotatable bonds is 3. The van der Waals surface area contributed by atoms with Crippen LogP contribution in [-0.2, 0) is 17.6 Å². The second-order valence-electron chi connectivity index (χ2n) is 6.33. The molecule has 0 radical (unpaired) electrons. The monoisotopic (exact) mass is 348 g/mol. The Bertz CT molecular complexity index is 970. The number of carbonyl (C=O) groups excluding carboxylic acids is 1. The van der Waals surface area contributed by atoms with Crippen molar-refractivity contribution in [1.82, 2.24) is 0 Å². The summed E-state index contributed by atoms with van der Waals surface area (Å²) < 4.78 is 5.07. The van der Waals surface area contributed by atoms with Gasteiger partial charge in [0.1, 0.15) is 0 Å². The van der Waals surface area contributed by atoms with Gasteiger partial charge in [0, 0.05) is 4.90 Å². The lowest BCUT2D eigenvalue weighted by atomic mass is 9.90. The molecule has 0 aliphatic heterocycles. The highest BCUT2D eigenvalue weighted by Gasteiger charge is 2.26. The fourth-order valence-electron chi connectivity index (χ4n) is 3.94. The van der Waals surface area contributed by atoms with Crippen molar-refractivity contribution in [3.05, 3.63) is 65.2 Å². The van der Waals surface area contributed by atoms with Crippen molar-refractivity contribution in [1.29, 1.82) is 0 Å². The highest BCUT2D eigenvalue weighted by atomic mass is 32.2. The summed E-state index contributed by atoms with van der Waals surface area (Å²) in [4.78, 5) is 13.4. The zero-order chi connectivity index (χ0) is 17.4. The van der Waals surface area contributed by atoms with Crippen molar-refractivity contribution < 1.29 is 9.53 Å². The maximum atomic E-state index is 12.4. The van der Waals surface area contributed by atoms with Crippen LogP contribution in [0.25, 0.3) is 21.9 Å². The maximum Gasteiger partial charge on any atom is 0.339 e. The fraction of sp³-hybridized carbons (Fsp3) is 0.227. The smallest absolute Gasteiger partial charge is 0.339 e. The third kappa shape index (κ3) is 2.63. The van der Waals surface area contributed by atoms with Gasteiger partial charge in [0.25, 0.3) is 0 Å². The average Bonchev–Trinajstić information content (AvgIpc) is 3.15. The zero-order valence-electron chi connectivity index (χ0n) is 14.5. The lowest BCUT2D eigenvalue weighted by molar-refractivity contribution is 0.0595. The Hall–Kier alpha value is -2.26. The predicted octanol–water partition coefficient (Wildman–Crippen LogP) is 5.50. The summed E-state index contributed by atoms with van der Waals surface area (Å²) in [5, 5.41) is 2.51. The molecule has 0 amide bonds. The van der Waals surface area contributed by atoms with Crippen molar-refractivity contribution in [2.45, 2.75) is 24.2 Å². The minimum absolute atomic E-state index is 0.216. The SMILES string of the molecule is COC(=O)c1c(SC)cc(-c2cccc3ccccc23)c2c1CCC2. The molecule has 0 aromatic heterocycles. The van der Waals surface area contributed by atoms with Crippen molar-refractivity contribution in [2.75, 3.05) is 13.4 Å². The van der Waals surface area contributed by atoms with Gasteiger partial charge in [-0.2, -0.15) is 0 Å². The topological polar surface area (TPSA) is 26.3 Å². The third-order valence-corrected chi connectivity index (χ3v) is 5.82. The van der Waals surface area contributed by atoms with Gasteiger partial charge < -0.3 is 4.74 Å². The van der Waals surface area contributed by atoms with Crippen molar-refractivity contribution in [2.24, 2.45) is 0 Å². The van der Waals surface area contributed by atoms with Gasteiger partial charge >= 0.3 is 5.97 Å². The predicted molar refractivity (Wildman–Crippen MR) is 105 cm³/mol. The molecule has 0 fully saturated rings. The van der Waals surface area contributed by atoms with Crippen LogP contribution in [0.2, 0.25) is 0 Å². The number of carbonyl (C=O) groups is 1. The molecule has 0 unspecified atom stereocenters. The highest BCUT2D eigenvalue weighted by molar-refractivity contribution is 7.98. The Morgan fingerprint density at radius 1 is 1.00 bits per heavy atom. The minimum Gasteiger partial charge on any atom is -0.465 e. The molecule has 0 spiro atoms. The number of ether oxygens (including phenoxy) is 1. The Morgan fingerprint density at radius 3 is 2.56 bits per heavy atom. The fourth-order valence-corrected chi connectivity index (χ4v) is 4.59. The van der Waals surface area contributed by atoms with E-state index in [1.807, 2.05) is 6.26 Å². The number of hydrogen-bond donors (Lipinski definition) is 0. The second-order valence-corrected chi connectivity index (χ2v) is 7.18. The van der Waals surface area contributed by atoms with Gasteiger partial charge in [0.05, 0.1) is 12.7 Å². The molecular weight excluding hydrogens is 328 g/mol. The molecule has 25 heavy (non-hydrogen) atoms. The van der Waals surface area contributed by atoms with E-state index in [1.165, 1.54) is 40.1 Å². The van der Waals surface area contributed by atoms with Gasteiger partial charge in [-0.3, -0.25) is 0 Å². The summed E-state index contributed by atoms with van der Waals surface area (Å²) in [6.07, 6.45) is 5.09. The average molecular weight is 348 g/mol.